The third-order valence-electron chi connectivity index (χ3n) is 3.85. The molecule has 5 nitrogen and oxygen atoms in total. The molecule has 0 heterocycles. The van der Waals surface area contributed by atoms with E-state index in [0.717, 1.165) is 16.4 Å². The van der Waals surface area contributed by atoms with Crippen LogP contribution >= 0.6 is 0 Å². The smallest absolute Gasteiger partial charge is 0.345 e. The molecule has 0 aliphatic carbocycles. The highest BCUT2D eigenvalue weighted by Crippen LogP contribution is 2.18. The van der Waals surface area contributed by atoms with Crippen molar-refractivity contribution < 1.29 is 14.7 Å². The first-order valence-electron chi connectivity index (χ1n) is 8.20. The number of nitrogens with one attached hydrogen (secondary N) is 1. The SMILES string of the molecule is CCC(CC)N(O)C(=O)Nc1ccc(OCc2ccccc2)cc1. The molecule has 0 radical (unpaired) electrons. The Balaban J connectivity index is 1.88. The van der Waals surface area contributed by atoms with Gasteiger partial charge in [0.15, 0.2) is 0 Å². The Hall–Kier alpha value is -2.53. The van der Waals surface area contributed by atoms with Crippen LogP contribution in [0.3, 0.4) is 0 Å². The Labute approximate surface area is 142 Å². The quantitative estimate of drug-likeness (QED) is 0.573. The summed E-state index contributed by atoms with van der Waals surface area (Å²) in [5, 5.41) is 13.3. The number of rotatable bonds is 7. The number of hydroxylamine groups is 2. The second-order valence-corrected chi connectivity index (χ2v) is 5.54. The van der Waals surface area contributed by atoms with Crippen molar-refractivity contribution in [3.8, 4) is 5.75 Å². The average molecular weight is 328 g/mol. The lowest BCUT2D eigenvalue weighted by molar-refractivity contribution is -0.0747. The first-order valence-corrected chi connectivity index (χ1v) is 8.20. The van der Waals surface area contributed by atoms with Crippen LogP contribution in [0.5, 0.6) is 5.75 Å². The van der Waals surface area contributed by atoms with Crippen LogP contribution in [-0.2, 0) is 6.61 Å². The van der Waals surface area contributed by atoms with Crippen molar-refractivity contribution in [3.63, 3.8) is 0 Å². The molecule has 5 heteroatoms. The lowest BCUT2D eigenvalue weighted by Crippen LogP contribution is -2.39. The zero-order valence-corrected chi connectivity index (χ0v) is 14.1. The van der Waals surface area contributed by atoms with Gasteiger partial charge in [-0.2, -0.15) is 0 Å². The van der Waals surface area contributed by atoms with Gasteiger partial charge in [-0.15, -0.1) is 0 Å². The molecule has 0 aromatic heterocycles. The molecule has 2 rings (SSSR count). The number of ether oxygens (including phenoxy) is 1. The van der Waals surface area contributed by atoms with Gasteiger partial charge in [0.2, 0.25) is 0 Å². The highest BCUT2D eigenvalue weighted by molar-refractivity contribution is 5.88. The molecule has 128 valence electrons. The van der Waals surface area contributed by atoms with Gasteiger partial charge < -0.3 is 10.1 Å². The maximum atomic E-state index is 12.0. The van der Waals surface area contributed by atoms with Crippen molar-refractivity contribution in [2.45, 2.75) is 39.3 Å². The Morgan fingerprint density at radius 2 is 1.71 bits per heavy atom. The molecule has 0 saturated heterocycles. The van der Waals surface area contributed by atoms with Crippen LogP contribution in [0.15, 0.2) is 54.6 Å². The van der Waals surface area contributed by atoms with Gasteiger partial charge in [0, 0.05) is 5.69 Å². The topological polar surface area (TPSA) is 61.8 Å². The van der Waals surface area contributed by atoms with E-state index in [1.54, 1.807) is 24.3 Å². The predicted molar refractivity (Wildman–Crippen MR) is 94.2 cm³/mol. The summed E-state index contributed by atoms with van der Waals surface area (Å²) in [6.45, 7) is 4.36. The minimum atomic E-state index is -0.526. The van der Waals surface area contributed by atoms with Gasteiger partial charge in [-0.1, -0.05) is 44.2 Å². The summed E-state index contributed by atoms with van der Waals surface area (Å²) in [7, 11) is 0. The number of hydrogen-bond acceptors (Lipinski definition) is 3. The van der Waals surface area contributed by atoms with Crippen LogP contribution in [0.25, 0.3) is 0 Å². The zero-order valence-electron chi connectivity index (χ0n) is 14.1. The van der Waals surface area contributed by atoms with E-state index in [1.165, 1.54) is 0 Å². The number of anilines is 1. The van der Waals surface area contributed by atoms with Crippen LogP contribution in [-0.4, -0.2) is 22.3 Å². The number of nitrogens with zero attached hydrogens (tertiary/aromatic N) is 1. The first-order chi connectivity index (χ1) is 11.6. The molecule has 0 bridgehead atoms. The van der Waals surface area contributed by atoms with Crippen molar-refractivity contribution in [2.24, 2.45) is 0 Å². The molecule has 2 aromatic rings. The summed E-state index contributed by atoms with van der Waals surface area (Å²) in [6, 6.07) is 16.3. The number of urea groups is 1. The third-order valence-corrected chi connectivity index (χ3v) is 3.85. The van der Waals surface area contributed by atoms with Crippen LogP contribution in [0.2, 0.25) is 0 Å². The molecule has 0 aliphatic heterocycles. The summed E-state index contributed by atoms with van der Waals surface area (Å²) in [4.78, 5) is 12.0. The lowest BCUT2D eigenvalue weighted by atomic mass is 10.2. The minimum absolute atomic E-state index is 0.182. The van der Waals surface area contributed by atoms with Gasteiger partial charge in [-0.25, -0.2) is 9.86 Å². The van der Waals surface area contributed by atoms with Crippen molar-refractivity contribution in [1.82, 2.24) is 5.06 Å². The largest absolute Gasteiger partial charge is 0.489 e. The standard InChI is InChI=1S/C19H24N2O3/c1-3-17(4-2)21(23)19(22)20-16-10-12-18(13-11-16)24-14-15-8-6-5-7-9-15/h5-13,17,23H,3-4,14H2,1-2H3,(H,20,22). The zero-order chi connectivity index (χ0) is 17.4. The fraction of sp³-hybridized carbons (Fsp3) is 0.316. The Morgan fingerprint density at radius 1 is 1.08 bits per heavy atom. The highest BCUT2D eigenvalue weighted by Gasteiger charge is 2.18. The second-order valence-electron chi connectivity index (χ2n) is 5.54. The first kappa shape index (κ1) is 17.8. The molecule has 2 amide bonds. The molecule has 0 aliphatic rings. The van der Waals surface area contributed by atoms with Gasteiger partial charge >= 0.3 is 6.03 Å². The molecule has 0 spiro atoms. The molecule has 0 atom stereocenters. The number of benzene rings is 2. The van der Waals surface area contributed by atoms with Crippen molar-refractivity contribution in [2.75, 3.05) is 5.32 Å². The fourth-order valence-electron chi connectivity index (χ4n) is 2.36. The Kier molecular flexibility index (Phi) is 6.63. The van der Waals surface area contributed by atoms with E-state index in [2.05, 4.69) is 5.32 Å². The van der Waals surface area contributed by atoms with Crippen LogP contribution < -0.4 is 10.1 Å². The summed E-state index contributed by atoms with van der Waals surface area (Å²) in [5.74, 6) is 0.720. The maximum absolute atomic E-state index is 12.0. The number of carbonyl (C=O) groups is 1. The van der Waals surface area contributed by atoms with Crippen LogP contribution in [0.1, 0.15) is 32.3 Å². The highest BCUT2D eigenvalue weighted by atomic mass is 16.5. The van der Waals surface area contributed by atoms with E-state index >= 15 is 0 Å². The normalized spacial score (nSPS) is 10.5. The van der Waals surface area contributed by atoms with Gasteiger partial charge in [0.25, 0.3) is 0 Å². The molecule has 0 unspecified atom stereocenters. The van der Waals surface area contributed by atoms with Gasteiger partial charge in [0.1, 0.15) is 12.4 Å². The van der Waals surface area contributed by atoms with E-state index in [1.807, 2.05) is 44.2 Å². The van der Waals surface area contributed by atoms with Gasteiger partial charge in [0.05, 0.1) is 6.04 Å². The molecular weight excluding hydrogens is 304 g/mol. The molecular formula is C19H24N2O3. The van der Waals surface area contributed by atoms with E-state index < -0.39 is 6.03 Å². The number of amides is 2. The van der Waals surface area contributed by atoms with E-state index in [0.29, 0.717) is 25.1 Å². The predicted octanol–water partition coefficient (Wildman–Crippen LogP) is 4.68. The third kappa shape index (κ3) is 4.99. The van der Waals surface area contributed by atoms with Gasteiger partial charge in [-0.05, 0) is 42.7 Å². The Bertz CT molecular complexity index is 625. The second kappa shape index (κ2) is 8.93. The fourth-order valence-corrected chi connectivity index (χ4v) is 2.36. The van der Waals surface area contributed by atoms with E-state index in [9.17, 15) is 10.0 Å². The van der Waals surface area contributed by atoms with Crippen LogP contribution in [0.4, 0.5) is 10.5 Å². The van der Waals surface area contributed by atoms with Crippen molar-refractivity contribution >= 4 is 11.7 Å². The number of carbonyl (C=O) groups excluding carboxylic acids is 1. The summed E-state index contributed by atoms with van der Waals surface area (Å²) >= 11 is 0. The molecule has 0 saturated carbocycles. The van der Waals surface area contributed by atoms with Crippen molar-refractivity contribution in [3.05, 3.63) is 60.2 Å². The monoisotopic (exact) mass is 328 g/mol. The molecule has 24 heavy (non-hydrogen) atoms. The molecule has 0 fully saturated rings. The summed E-state index contributed by atoms with van der Waals surface area (Å²) in [5.41, 5.74) is 1.70. The summed E-state index contributed by atoms with van der Waals surface area (Å²) < 4.78 is 5.70. The van der Waals surface area contributed by atoms with Crippen molar-refractivity contribution in [1.29, 1.82) is 0 Å². The van der Waals surface area contributed by atoms with E-state index in [4.69, 9.17) is 4.74 Å². The molecule has 2 N–H and O–H groups in total. The Morgan fingerprint density at radius 3 is 2.29 bits per heavy atom. The minimum Gasteiger partial charge on any atom is -0.489 e. The lowest BCUT2D eigenvalue weighted by Gasteiger charge is -2.23. The maximum Gasteiger partial charge on any atom is 0.345 e. The van der Waals surface area contributed by atoms with E-state index in [-0.39, 0.29) is 6.04 Å². The molecule has 2 aromatic carbocycles. The van der Waals surface area contributed by atoms with Crippen LogP contribution in [0, 0.1) is 0 Å². The van der Waals surface area contributed by atoms with Gasteiger partial charge in [-0.3, -0.25) is 5.21 Å². The summed E-state index contributed by atoms with van der Waals surface area (Å²) in [6.07, 6.45) is 1.40. The number of hydrogen-bond donors (Lipinski definition) is 2. The average Bonchev–Trinajstić information content (AvgIpc) is 2.63.